The molecule has 0 radical (unpaired) electrons. The smallest absolute Gasteiger partial charge is 0.337 e. The Morgan fingerprint density at radius 2 is 1.80 bits per heavy atom. The number of nitrogens with one attached hydrogen (secondary N) is 1. The summed E-state index contributed by atoms with van der Waals surface area (Å²) in [6.45, 7) is 0. The summed E-state index contributed by atoms with van der Waals surface area (Å²) in [5.41, 5.74) is 3.30. The molecule has 4 rings (SSSR count). The molecule has 0 fully saturated rings. The van der Waals surface area contributed by atoms with Gasteiger partial charge in [0.05, 0.1) is 12.7 Å². The molecule has 4 heteroatoms. The van der Waals surface area contributed by atoms with Gasteiger partial charge in [-0.2, -0.15) is 0 Å². The molecular weight excluding hydrogens is 314 g/mol. The quantitative estimate of drug-likeness (QED) is 0.568. The van der Waals surface area contributed by atoms with Gasteiger partial charge in [-0.15, -0.1) is 0 Å². The second-order valence-electron chi connectivity index (χ2n) is 5.87. The number of hydrogen-bond donors (Lipinski definition) is 1. The van der Waals surface area contributed by atoms with Gasteiger partial charge in [-0.25, -0.2) is 4.79 Å². The Kier molecular flexibility index (Phi) is 3.58. The Morgan fingerprint density at radius 1 is 1.00 bits per heavy atom. The largest absolute Gasteiger partial charge is 0.465 e. The first-order valence-corrected chi connectivity index (χ1v) is 7.90. The summed E-state index contributed by atoms with van der Waals surface area (Å²) >= 11 is 0. The molecule has 3 aromatic rings. The van der Waals surface area contributed by atoms with Crippen molar-refractivity contribution in [2.24, 2.45) is 0 Å². The van der Waals surface area contributed by atoms with Crippen LogP contribution in [0.4, 0.5) is 5.69 Å². The van der Waals surface area contributed by atoms with E-state index in [0.29, 0.717) is 22.4 Å². The number of carbonyl (C=O) groups excluding carboxylic acids is 2. The number of amides is 1. The van der Waals surface area contributed by atoms with Gasteiger partial charge in [0.1, 0.15) is 0 Å². The molecule has 0 saturated heterocycles. The van der Waals surface area contributed by atoms with E-state index in [1.165, 1.54) is 7.11 Å². The molecule has 0 aromatic heterocycles. The molecule has 122 valence electrons. The van der Waals surface area contributed by atoms with Gasteiger partial charge in [-0.05, 0) is 46.7 Å². The maximum Gasteiger partial charge on any atom is 0.337 e. The fraction of sp³-hybridized carbons (Fsp3) is 0.0476. The summed E-state index contributed by atoms with van der Waals surface area (Å²) in [6, 6.07) is 19.2. The van der Waals surface area contributed by atoms with E-state index in [1.54, 1.807) is 18.2 Å². The second-order valence-corrected chi connectivity index (χ2v) is 5.87. The molecule has 0 aliphatic carbocycles. The highest BCUT2D eigenvalue weighted by atomic mass is 16.5. The molecule has 0 atom stereocenters. The number of methoxy groups -OCH3 is 1. The zero-order valence-electron chi connectivity index (χ0n) is 13.6. The van der Waals surface area contributed by atoms with Crippen LogP contribution in [0.25, 0.3) is 22.4 Å². The Bertz CT molecular complexity index is 1050. The van der Waals surface area contributed by atoms with Gasteiger partial charge in [0.15, 0.2) is 0 Å². The van der Waals surface area contributed by atoms with E-state index in [1.807, 2.05) is 48.5 Å². The number of anilines is 1. The summed E-state index contributed by atoms with van der Waals surface area (Å²) in [7, 11) is 1.34. The highest BCUT2D eigenvalue weighted by molar-refractivity contribution is 6.35. The first kappa shape index (κ1) is 15.1. The number of benzene rings is 3. The van der Waals surface area contributed by atoms with Crippen LogP contribution in [0.2, 0.25) is 0 Å². The Morgan fingerprint density at radius 3 is 2.60 bits per heavy atom. The molecular formula is C21H15NO3. The van der Waals surface area contributed by atoms with Gasteiger partial charge < -0.3 is 10.1 Å². The van der Waals surface area contributed by atoms with Crippen LogP contribution in [0.5, 0.6) is 0 Å². The normalized spacial score (nSPS) is 14.4. The molecule has 4 nitrogen and oxygen atoms in total. The predicted molar refractivity (Wildman–Crippen MR) is 98.2 cm³/mol. The van der Waals surface area contributed by atoms with Crippen LogP contribution in [0.3, 0.4) is 0 Å². The summed E-state index contributed by atoms with van der Waals surface area (Å²) < 4.78 is 4.76. The van der Waals surface area contributed by atoms with Crippen molar-refractivity contribution in [3.05, 3.63) is 77.4 Å². The summed E-state index contributed by atoms with van der Waals surface area (Å²) in [4.78, 5) is 24.1. The van der Waals surface area contributed by atoms with Crippen molar-refractivity contribution in [3.8, 4) is 0 Å². The van der Waals surface area contributed by atoms with Crippen LogP contribution in [-0.2, 0) is 9.53 Å². The Balaban J connectivity index is 1.81. The molecule has 0 saturated carbocycles. The highest BCUT2D eigenvalue weighted by Gasteiger charge is 2.25. The van der Waals surface area contributed by atoms with Gasteiger partial charge in [0.25, 0.3) is 5.91 Å². The number of rotatable bonds is 2. The summed E-state index contributed by atoms with van der Waals surface area (Å²) in [5.74, 6) is -0.600. The van der Waals surface area contributed by atoms with Crippen LogP contribution in [0, 0.1) is 0 Å². The number of hydrogen-bond acceptors (Lipinski definition) is 3. The molecule has 1 aliphatic heterocycles. The van der Waals surface area contributed by atoms with E-state index in [9.17, 15) is 9.59 Å². The number of ether oxygens (including phenoxy) is 1. The topological polar surface area (TPSA) is 55.4 Å². The van der Waals surface area contributed by atoms with Gasteiger partial charge in [0, 0.05) is 16.8 Å². The number of esters is 1. The van der Waals surface area contributed by atoms with Gasteiger partial charge in [-0.3, -0.25) is 4.79 Å². The SMILES string of the molecule is COC(=O)c1ccc2c(c1)C(=Cc1ccc3ccccc3c1)C(=O)N2. The first-order valence-electron chi connectivity index (χ1n) is 7.90. The highest BCUT2D eigenvalue weighted by Crippen LogP contribution is 2.34. The van der Waals surface area contributed by atoms with Crippen LogP contribution in [0.1, 0.15) is 21.5 Å². The van der Waals surface area contributed by atoms with Crippen molar-refractivity contribution in [1.29, 1.82) is 0 Å². The van der Waals surface area contributed by atoms with Crippen LogP contribution >= 0.6 is 0 Å². The molecule has 1 amide bonds. The lowest BCUT2D eigenvalue weighted by Crippen LogP contribution is -2.03. The monoisotopic (exact) mass is 329 g/mol. The van der Waals surface area contributed by atoms with Crippen molar-refractivity contribution in [3.63, 3.8) is 0 Å². The van der Waals surface area contributed by atoms with E-state index in [0.717, 1.165) is 16.3 Å². The molecule has 0 bridgehead atoms. The standard InChI is InChI=1S/C21H15NO3/c1-25-21(24)16-8-9-19-17(12-16)18(20(23)22-19)11-13-6-7-14-4-2-3-5-15(14)10-13/h2-12H,1H3,(H,22,23). The van der Waals surface area contributed by atoms with E-state index in [2.05, 4.69) is 5.32 Å². The minimum Gasteiger partial charge on any atom is -0.465 e. The Labute approximate surface area is 144 Å². The van der Waals surface area contributed by atoms with Gasteiger partial charge in [0.2, 0.25) is 0 Å². The van der Waals surface area contributed by atoms with Crippen molar-refractivity contribution in [1.82, 2.24) is 0 Å². The van der Waals surface area contributed by atoms with E-state index in [-0.39, 0.29) is 5.91 Å². The van der Waals surface area contributed by atoms with Crippen molar-refractivity contribution >= 4 is 40.0 Å². The lowest BCUT2D eigenvalue weighted by atomic mass is 10.00. The van der Waals surface area contributed by atoms with Crippen molar-refractivity contribution < 1.29 is 14.3 Å². The Hall–Kier alpha value is -3.40. The van der Waals surface area contributed by atoms with Gasteiger partial charge in [-0.1, -0.05) is 36.4 Å². The second kappa shape index (κ2) is 5.91. The average molecular weight is 329 g/mol. The molecule has 0 spiro atoms. The fourth-order valence-corrected chi connectivity index (χ4v) is 3.04. The zero-order valence-corrected chi connectivity index (χ0v) is 13.6. The maximum atomic E-state index is 12.4. The lowest BCUT2D eigenvalue weighted by Gasteiger charge is -2.04. The lowest BCUT2D eigenvalue weighted by molar-refractivity contribution is -0.110. The van der Waals surface area contributed by atoms with Crippen LogP contribution < -0.4 is 5.32 Å². The summed E-state index contributed by atoms with van der Waals surface area (Å²) in [6.07, 6.45) is 1.84. The average Bonchev–Trinajstić information content (AvgIpc) is 2.95. The number of fused-ring (bicyclic) bond motifs is 2. The van der Waals surface area contributed by atoms with Gasteiger partial charge >= 0.3 is 5.97 Å². The maximum absolute atomic E-state index is 12.4. The minimum atomic E-state index is -0.424. The van der Waals surface area contributed by atoms with Crippen molar-refractivity contribution in [2.75, 3.05) is 12.4 Å². The molecule has 1 N–H and O–H groups in total. The fourth-order valence-electron chi connectivity index (χ4n) is 3.04. The van der Waals surface area contributed by atoms with Crippen LogP contribution in [-0.4, -0.2) is 19.0 Å². The molecule has 1 heterocycles. The molecule has 0 unspecified atom stereocenters. The first-order chi connectivity index (χ1) is 12.2. The van der Waals surface area contributed by atoms with Crippen LogP contribution in [0.15, 0.2) is 60.7 Å². The van der Waals surface area contributed by atoms with Crippen molar-refractivity contribution in [2.45, 2.75) is 0 Å². The van der Waals surface area contributed by atoms with E-state index < -0.39 is 5.97 Å². The third-order valence-electron chi connectivity index (χ3n) is 4.31. The predicted octanol–water partition coefficient (Wildman–Crippen LogP) is 4.12. The molecule has 25 heavy (non-hydrogen) atoms. The molecule has 3 aromatic carbocycles. The number of carbonyl (C=O) groups is 2. The zero-order chi connectivity index (χ0) is 17.4. The third-order valence-corrected chi connectivity index (χ3v) is 4.31. The molecule has 1 aliphatic rings. The summed E-state index contributed by atoms with van der Waals surface area (Å²) in [5, 5.41) is 5.09. The van der Waals surface area contributed by atoms with E-state index >= 15 is 0 Å². The minimum absolute atomic E-state index is 0.176. The van der Waals surface area contributed by atoms with E-state index in [4.69, 9.17) is 4.74 Å². The third kappa shape index (κ3) is 2.68.